The number of ether oxygens (including phenoxy) is 1. The van der Waals surface area contributed by atoms with Crippen molar-refractivity contribution in [2.75, 3.05) is 13.7 Å². The minimum Gasteiger partial charge on any atom is -0.481 e. The third kappa shape index (κ3) is 4.62. The summed E-state index contributed by atoms with van der Waals surface area (Å²) in [6.07, 6.45) is 6.00. The summed E-state index contributed by atoms with van der Waals surface area (Å²) in [7, 11) is 1.75. The topological polar surface area (TPSA) is 58.6 Å². The number of carboxylic acids is 1. The number of rotatable bonds is 6. The fraction of sp³-hybridized carbons (Fsp3) is 0.909. The lowest BCUT2D eigenvalue weighted by Gasteiger charge is -2.31. The van der Waals surface area contributed by atoms with E-state index >= 15 is 0 Å². The van der Waals surface area contributed by atoms with Crippen LogP contribution in [-0.2, 0) is 9.53 Å². The Balaban J connectivity index is 2.15. The van der Waals surface area contributed by atoms with E-state index in [1.54, 1.807) is 7.11 Å². The van der Waals surface area contributed by atoms with Crippen LogP contribution in [0.2, 0.25) is 0 Å². The van der Waals surface area contributed by atoms with Crippen LogP contribution in [0.5, 0.6) is 0 Å². The van der Waals surface area contributed by atoms with Crippen LogP contribution < -0.4 is 5.32 Å². The average molecular weight is 215 g/mol. The van der Waals surface area contributed by atoms with E-state index in [9.17, 15) is 4.79 Å². The third-order valence-electron chi connectivity index (χ3n) is 2.98. The Morgan fingerprint density at radius 1 is 1.47 bits per heavy atom. The highest BCUT2D eigenvalue weighted by Crippen LogP contribution is 2.20. The molecule has 1 fully saturated rings. The van der Waals surface area contributed by atoms with Gasteiger partial charge in [0, 0.05) is 19.6 Å². The summed E-state index contributed by atoms with van der Waals surface area (Å²) in [5, 5.41) is 11.9. The van der Waals surface area contributed by atoms with Gasteiger partial charge in [-0.15, -0.1) is 0 Å². The first-order valence-electron chi connectivity index (χ1n) is 5.72. The summed E-state index contributed by atoms with van der Waals surface area (Å²) in [4.78, 5) is 10.3. The standard InChI is InChI=1S/C11H21NO3/c1-15-10-6-3-2-5-9(10)12-8-4-7-11(13)14/h9-10,12H,2-8H2,1H3,(H,13,14). The van der Waals surface area contributed by atoms with Gasteiger partial charge in [0.15, 0.2) is 0 Å². The molecule has 0 aromatic heterocycles. The Labute approximate surface area is 91.0 Å². The van der Waals surface area contributed by atoms with Crippen molar-refractivity contribution in [1.82, 2.24) is 5.32 Å². The first kappa shape index (κ1) is 12.5. The SMILES string of the molecule is COC1CCCCC1NCCCC(=O)O. The van der Waals surface area contributed by atoms with Crippen molar-refractivity contribution in [2.45, 2.75) is 50.7 Å². The van der Waals surface area contributed by atoms with Gasteiger partial charge in [0.05, 0.1) is 6.10 Å². The van der Waals surface area contributed by atoms with Crippen LogP contribution in [0.15, 0.2) is 0 Å². The Morgan fingerprint density at radius 2 is 2.20 bits per heavy atom. The monoisotopic (exact) mass is 215 g/mol. The Morgan fingerprint density at radius 3 is 2.87 bits per heavy atom. The minimum absolute atomic E-state index is 0.247. The normalized spacial score (nSPS) is 26.5. The Bertz CT molecular complexity index is 196. The maximum atomic E-state index is 10.3. The molecule has 4 nitrogen and oxygen atoms in total. The zero-order chi connectivity index (χ0) is 11.1. The molecule has 4 heteroatoms. The van der Waals surface area contributed by atoms with Crippen molar-refractivity contribution >= 4 is 5.97 Å². The van der Waals surface area contributed by atoms with Gasteiger partial charge in [-0.05, 0) is 25.8 Å². The maximum absolute atomic E-state index is 10.3. The molecule has 0 bridgehead atoms. The molecule has 2 unspecified atom stereocenters. The summed E-state index contributed by atoms with van der Waals surface area (Å²) in [5.41, 5.74) is 0. The summed E-state index contributed by atoms with van der Waals surface area (Å²) in [6.45, 7) is 0.775. The molecule has 0 heterocycles. The summed E-state index contributed by atoms with van der Waals surface area (Å²) < 4.78 is 5.40. The van der Waals surface area contributed by atoms with Crippen LogP contribution in [0.3, 0.4) is 0 Å². The molecule has 0 aliphatic heterocycles. The van der Waals surface area contributed by atoms with Gasteiger partial charge in [0.25, 0.3) is 0 Å². The average Bonchev–Trinajstić information content (AvgIpc) is 2.24. The molecule has 0 spiro atoms. The highest BCUT2D eigenvalue weighted by molar-refractivity contribution is 5.66. The van der Waals surface area contributed by atoms with Crippen molar-refractivity contribution < 1.29 is 14.6 Å². The van der Waals surface area contributed by atoms with Gasteiger partial charge in [-0.3, -0.25) is 4.79 Å². The number of aliphatic carboxylic acids is 1. The van der Waals surface area contributed by atoms with Crippen molar-refractivity contribution in [3.63, 3.8) is 0 Å². The van der Waals surface area contributed by atoms with Crippen LogP contribution in [0.25, 0.3) is 0 Å². The molecule has 1 rings (SSSR count). The molecular weight excluding hydrogens is 194 g/mol. The first-order valence-corrected chi connectivity index (χ1v) is 5.72. The van der Waals surface area contributed by atoms with E-state index < -0.39 is 5.97 Å². The molecule has 0 saturated heterocycles. The molecule has 1 aliphatic carbocycles. The highest BCUT2D eigenvalue weighted by atomic mass is 16.5. The van der Waals surface area contributed by atoms with Gasteiger partial charge in [-0.1, -0.05) is 12.8 Å². The van der Waals surface area contributed by atoms with E-state index in [4.69, 9.17) is 9.84 Å². The van der Waals surface area contributed by atoms with Gasteiger partial charge in [0.2, 0.25) is 0 Å². The third-order valence-corrected chi connectivity index (χ3v) is 2.98. The summed E-state index contributed by atoms with van der Waals surface area (Å²) >= 11 is 0. The molecule has 0 aromatic rings. The van der Waals surface area contributed by atoms with Crippen molar-refractivity contribution in [3.05, 3.63) is 0 Å². The van der Waals surface area contributed by atoms with Crippen LogP contribution in [0.1, 0.15) is 38.5 Å². The van der Waals surface area contributed by atoms with E-state index in [0.29, 0.717) is 18.6 Å². The number of hydrogen-bond acceptors (Lipinski definition) is 3. The Kier molecular flexibility index (Phi) is 5.65. The predicted molar refractivity (Wildman–Crippen MR) is 57.9 cm³/mol. The smallest absolute Gasteiger partial charge is 0.303 e. The van der Waals surface area contributed by atoms with Crippen LogP contribution >= 0.6 is 0 Å². The number of methoxy groups -OCH3 is 1. The van der Waals surface area contributed by atoms with E-state index in [1.165, 1.54) is 12.8 Å². The van der Waals surface area contributed by atoms with Crippen molar-refractivity contribution in [1.29, 1.82) is 0 Å². The molecule has 2 atom stereocenters. The molecule has 2 N–H and O–H groups in total. The lowest BCUT2D eigenvalue weighted by Crippen LogP contribution is -2.43. The quantitative estimate of drug-likeness (QED) is 0.657. The molecule has 0 amide bonds. The molecule has 0 aromatic carbocycles. The number of carboxylic acid groups (broad SMARTS) is 1. The lowest BCUT2D eigenvalue weighted by molar-refractivity contribution is -0.137. The van der Waals surface area contributed by atoms with Crippen molar-refractivity contribution in [3.8, 4) is 0 Å². The molecule has 1 aliphatic rings. The zero-order valence-electron chi connectivity index (χ0n) is 9.37. The first-order chi connectivity index (χ1) is 7.24. The predicted octanol–water partition coefficient (Wildman–Crippen LogP) is 1.40. The Hall–Kier alpha value is -0.610. The lowest BCUT2D eigenvalue weighted by atomic mass is 9.92. The second kappa shape index (κ2) is 6.80. The van der Waals surface area contributed by atoms with Gasteiger partial charge < -0.3 is 15.2 Å². The second-order valence-corrected chi connectivity index (χ2v) is 4.12. The molecule has 88 valence electrons. The van der Waals surface area contributed by atoms with Gasteiger partial charge in [0.1, 0.15) is 0 Å². The van der Waals surface area contributed by atoms with Crippen LogP contribution in [0.4, 0.5) is 0 Å². The summed E-state index contributed by atoms with van der Waals surface area (Å²) in [6, 6.07) is 0.414. The van der Waals surface area contributed by atoms with Crippen LogP contribution in [0, 0.1) is 0 Å². The van der Waals surface area contributed by atoms with E-state index in [0.717, 1.165) is 19.4 Å². The van der Waals surface area contributed by atoms with Gasteiger partial charge in [-0.25, -0.2) is 0 Å². The largest absolute Gasteiger partial charge is 0.481 e. The highest BCUT2D eigenvalue weighted by Gasteiger charge is 2.23. The molecule has 15 heavy (non-hydrogen) atoms. The maximum Gasteiger partial charge on any atom is 0.303 e. The number of hydrogen-bond donors (Lipinski definition) is 2. The molecule has 0 radical (unpaired) electrons. The molecular formula is C11H21NO3. The van der Waals surface area contributed by atoms with Crippen molar-refractivity contribution in [2.24, 2.45) is 0 Å². The van der Waals surface area contributed by atoms with Crippen LogP contribution in [-0.4, -0.2) is 36.9 Å². The van der Waals surface area contributed by atoms with E-state index in [2.05, 4.69) is 5.32 Å². The number of nitrogens with one attached hydrogen (secondary N) is 1. The molecule has 1 saturated carbocycles. The fourth-order valence-electron chi connectivity index (χ4n) is 2.14. The van der Waals surface area contributed by atoms with E-state index in [-0.39, 0.29) is 6.42 Å². The second-order valence-electron chi connectivity index (χ2n) is 4.12. The fourth-order valence-corrected chi connectivity index (χ4v) is 2.14. The van der Waals surface area contributed by atoms with Gasteiger partial charge in [-0.2, -0.15) is 0 Å². The minimum atomic E-state index is -0.719. The number of carbonyl (C=O) groups is 1. The van der Waals surface area contributed by atoms with E-state index in [1.807, 2.05) is 0 Å². The summed E-state index contributed by atoms with van der Waals surface area (Å²) in [5.74, 6) is -0.719. The zero-order valence-corrected chi connectivity index (χ0v) is 9.37. The van der Waals surface area contributed by atoms with Gasteiger partial charge >= 0.3 is 5.97 Å².